The summed E-state index contributed by atoms with van der Waals surface area (Å²) in [4.78, 5) is 30.2. The number of rotatable bonds is 6. The molecule has 2 heterocycles. The van der Waals surface area contributed by atoms with Crippen LogP contribution < -0.4 is 10.6 Å². The van der Waals surface area contributed by atoms with Crippen LogP contribution in [-0.4, -0.2) is 32.6 Å². The second-order valence-corrected chi connectivity index (χ2v) is 9.51. The maximum absolute atomic E-state index is 14.1. The van der Waals surface area contributed by atoms with E-state index in [9.17, 15) is 14.0 Å². The van der Waals surface area contributed by atoms with E-state index < -0.39 is 17.6 Å². The van der Waals surface area contributed by atoms with Gasteiger partial charge in [0, 0.05) is 22.8 Å². The van der Waals surface area contributed by atoms with Gasteiger partial charge in [0.15, 0.2) is 5.82 Å². The van der Waals surface area contributed by atoms with Gasteiger partial charge in [-0.1, -0.05) is 11.6 Å². The van der Waals surface area contributed by atoms with Crippen molar-refractivity contribution in [2.75, 3.05) is 5.32 Å². The number of amides is 2. The van der Waals surface area contributed by atoms with Crippen LogP contribution in [0.5, 0.6) is 0 Å². The first-order valence-electron chi connectivity index (χ1n) is 9.72. The summed E-state index contributed by atoms with van der Waals surface area (Å²) < 4.78 is 16.0. The predicted octanol–water partition coefficient (Wildman–Crippen LogP) is 5.37. The molecule has 0 bridgehead atoms. The number of benzene rings is 1. The quantitative estimate of drug-likeness (QED) is 0.408. The van der Waals surface area contributed by atoms with Crippen molar-refractivity contribution in [1.82, 2.24) is 20.1 Å². The lowest BCUT2D eigenvalue weighted by Crippen LogP contribution is -2.34. The van der Waals surface area contributed by atoms with Crippen LogP contribution in [0.4, 0.5) is 10.1 Å². The predicted molar refractivity (Wildman–Crippen MR) is 126 cm³/mol. The number of hydrogen-bond acceptors (Lipinski definition) is 4. The highest BCUT2D eigenvalue weighted by Gasteiger charge is 2.30. The maximum Gasteiger partial charge on any atom is 0.274 e. The van der Waals surface area contributed by atoms with Crippen LogP contribution in [-0.2, 0) is 0 Å². The van der Waals surface area contributed by atoms with Crippen LogP contribution >= 0.6 is 43.5 Å². The third kappa shape index (κ3) is 4.87. The summed E-state index contributed by atoms with van der Waals surface area (Å²) in [6, 6.07) is 7.01. The molecule has 166 valence electrons. The van der Waals surface area contributed by atoms with Gasteiger partial charge in [0.2, 0.25) is 0 Å². The SMILES string of the molecule is CC(NC(=O)c1cc(F)cc(Br)c1NC(=O)c1cc(Br)nn1-c1ncccc1Cl)C1CC1. The fraction of sp³-hybridized carbons (Fsp3) is 0.238. The molecule has 2 N–H and O–H groups in total. The van der Waals surface area contributed by atoms with E-state index in [4.69, 9.17) is 11.6 Å². The van der Waals surface area contributed by atoms with Crippen molar-refractivity contribution in [2.24, 2.45) is 5.92 Å². The molecule has 7 nitrogen and oxygen atoms in total. The minimum absolute atomic E-state index is 0.0127. The molecule has 0 aliphatic heterocycles. The van der Waals surface area contributed by atoms with Gasteiger partial charge in [-0.25, -0.2) is 14.1 Å². The normalized spacial score (nSPS) is 14.2. The van der Waals surface area contributed by atoms with Crippen LogP contribution in [0.3, 0.4) is 0 Å². The molecule has 0 spiro atoms. The number of hydrogen-bond donors (Lipinski definition) is 2. The van der Waals surface area contributed by atoms with E-state index in [2.05, 4.69) is 52.6 Å². The molecule has 1 aliphatic carbocycles. The number of halogens is 4. The van der Waals surface area contributed by atoms with Crippen LogP contribution in [0, 0.1) is 11.7 Å². The Kier molecular flexibility index (Phi) is 6.64. The zero-order valence-corrected chi connectivity index (χ0v) is 20.6. The minimum atomic E-state index is -0.604. The number of carbonyl (C=O) groups is 2. The fourth-order valence-corrected chi connectivity index (χ4v) is 4.37. The van der Waals surface area contributed by atoms with Crippen LogP contribution in [0.2, 0.25) is 5.02 Å². The number of pyridine rings is 1. The Morgan fingerprint density at radius 1 is 1.25 bits per heavy atom. The summed E-state index contributed by atoms with van der Waals surface area (Å²) in [5, 5.41) is 10.1. The first-order chi connectivity index (χ1) is 15.2. The highest BCUT2D eigenvalue weighted by Crippen LogP contribution is 2.33. The Morgan fingerprint density at radius 2 is 2.00 bits per heavy atom. The van der Waals surface area contributed by atoms with Crippen LogP contribution in [0.1, 0.15) is 40.6 Å². The van der Waals surface area contributed by atoms with Gasteiger partial charge in [-0.3, -0.25) is 9.59 Å². The molecule has 3 aromatic rings. The molecule has 4 rings (SSSR count). The van der Waals surface area contributed by atoms with Gasteiger partial charge in [0.25, 0.3) is 11.8 Å². The highest BCUT2D eigenvalue weighted by atomic mass is 79.9. The molecule has 2 amide bonds. The molecule has 2 aromatic heterocycles. The van der Waals surface area contributed by atoms with Gasteiger partial charge >= 0.3 is 0 Å². The Morgan fingerprint density at radius 3 is 2.69 bits per heavy atom. The third-order valence-electron chi connectivity index (χ3n) is 5.08. The Labute approximate surface area is 205 Å². The first kappa shape index (κ1) is 22.9. The third-order valence-corrected chi connectivity index (χ3v) is 6.39. The van der Waals surface area contributed by atoms with E-state index >= 15 is 0 Å². The summed E-state index contributed by atoms with van der Waals surface area (Å²) in [6.07, 6.45) is 3.62. The molecule has 0 saturated heterocycles. The molecular weight excluding hydrogens is 569 g/mol. The smallest absolute Gasteiger partial charge is 0.274 e. The number of carbonyl (C=O) groups excluding carboxylic acids is 2. The van der Waals surface area contributed by atoms with Gasteiger partial charge in [-0.05, 0) is 81.8 Å². The molecule has 1 unspecified atom stereocenters. The number of nitrogens with zero attached hydrogens (tertiary/aromatic N) is 3. The average Bonchev–Trinajstić information content (AvgIpc) is 3.52. The van der Waals surface area contributed by atoms with E-state index in [-0.39, 0.29) is 33.3 Å². The van der Waals surface area contributed by atoms with Gasteiger partial charge in [-0.15, -0.1) is 0 Å². The molecular formula is C21H17Br2ClFN5O2. The largest absolute Gasteiger partial charge is 0.349 e. The molecule has 0 radical (unpaired) electrons. The molecule has 11 heteroatoms. The second-order valence-electron chi connectivity index (χ2n) is 7.44. The lowest BCUT2D eigenvalue weighted by atomic mass is 10.1. The van der Waals surface area contributed by atoms with E-state index in [1.165, 1.54) is 23.0 Å². The number of nitrogens with one attached hydrogen (secondary N) is 2. The van der Waals surface area contributed by atoms with Gasteiger partial charge < -0.3 is 10.6 Å². The molecule has 1 atom stereocenters. The fourth-order valence-electron chi connectivity index (χ4n) is 3.26. The van der Waals surface area contributed by atoms with E-state index in [0.717, 1.165) is 18.9 Å². The molecule has 32 heavy (non-hydrogen) atoms. The molecule has 1 aliphatic rings. The standard InChI is InChI=1S/C21H17Br2ClFN5O2/c1-10(11-4-5-11)27-20(31)13-7-12(25)8-14(22)18(13)28-21(32)16-9-17(23)29-30(16)19-15(24)3-2-6-26-19/h2-3,6-11H,4-5H2,1H3,(H,27,31)(H,28,32). The Hall–Kier alpha value is -2.30. The summed E-state index contributed by atoms with van der Waals surface area (Å²) in [6.45, 7) is 1.91. The van der Waals surface area contributed by atoms with E-state index in [1.807, 2.05) is 6.92 Å². The summed E-state index contributed by atoms with van der Waals surface area (Å²) in [5.74, 6) is -0.973. The molecule has 1 aromatic carbocycles. The van der Waals surface area contributed by atoms with Crippen molar-refractivity contribution in [3.05, 3.63) is 67.7 Å². The minimum Gasteiger partial charge on any atom is -0.349 e. The molecule has 1 saturated carbocycles. The van der Waals surface area contributed by atoms with Gasteiger partial charge in [0.1, 0.15) is 16.1 Å². The van der Waals surface area contributed by atoms with Crippen molar-refractivity contribution in [3.63, 3.8) is 0 Å². The first-order valence-corrected chi connectivity index (χ1v) is 11.7. The Balaban J connectivity index is 1.67. The monoisotopic (exact) mass is 583 g/mol. The summed E-state index contributed by atoms with van der Waals surface area (Å²) >= 11 is 12.7. The average molecular weight is 586 g/mol. The van der Waals surface area contributed by atoms with Crippen LogP contribution in [0.15, 0.2) is 45.6 Å². The van der Waals surface area contributed by atoms with Crippen molar-refractivity contribution >= 4 is 61.0 Å². The summed E-state index contributed by atoms with van der Waals surface area (Å²) in [7, 11) is 0. The van der Waals surface area contributed by atoms with E-state index in [0.29, 0.717) is 15.5 Å². The van der Waals surface area contributed by atoms with Crippen molar-refractivity contribution < 1.29 is 14.0 Å². The summed E-state index contributed by atoms with van der Waals surface area (Å²) in [5.41, 5.74) is 0.276. The second kappa shape index (κ2) is 9.29. The van der Waals surface area contributed by atoms with Crippen molar-refractivity contribution in [3.8, 4) is 5.82 Å². The van der Waals surface area contributed by atoms with Crippen LogP contribution in [0.25, 0.3) is 5.82 Å². The highest BCUT2D eigenvalue weighted by molar-refractivity contribution is 9.10. The molecule has 1 fully saturated rings. The lowest BCUT2D eigenvalue weighted by molar-refractivity contribution is 0.0936. The zero-order chi connectivity index (χ0) is 23.0. The number of aromatic nitrogens is 3. The maximum atomic E-state index is 14.1. The van der Waals surface area contributed by atoms with Crippen molar-refractivity contribution in [2.45, 2.75) is 25.8 Å². The van der Waals surface area contributed by atoms with Crippen molar-refractivity contribution in [1.29, 1.82) is 0 Å². The lowest BCUT2D eigenvalue weighted by Gasteiger charge is -2.17. The zero-order valence-electron chi connectivity index (χ0n) is 16.7. The van der Waals surface area contributed by atoms with Gasteiger partial charge in [-0.2, -0.15) is 5.10 Å². The Bertz CT molecular complexity index is 1210. The van der Waals surface area contributed by atoms with E-state index in [1.54, 1.807) is 12.1 Å². The number of anilines is 1. The van der Waals surface area contributed by atoms with Gasteiger partial charge in [0.05, 0.1) is 16.3 Å². The topological polar surface area (TPSA) is 88.9 Å².